The Hall–Kier alpha value is -2.54. The van der Waals surface area contributed by atoms with Gasteiger partial charge in [0.2, 0.25) is 5.91 Å². The van der Waals surface area contributed by atoms with Gasteiger partial charge < -0.3 is 10.6 Å². The van der Waals surface area contributed by atoms with Crippen LogP contribution >= 0.6 is 11.3 Å². The van der Waals surface area contributed by atoms with Crippen LogP contribution in [0.4, 0.5) is 5.13 Å². The van der Waals surface area contributed by atoms with Gasteiger partial charge in [0, 0.05) is 30.8 Å². The summed E-state index contributed by atoms with van der Waals surface area (Å²) in [6.07, 6.45) is 0.132. The van der Waals surface area contributed by atoms with Gasteiger partial charge in [0.1, 0.15) is 5.69 Å². The van der Waals surface area contributed by atoms with Crippen LogP contribution in [-0.4, -0.2) is 29.1 Å². The van der Waals surface area contributed by atoms with E-state index < -0.39 is 0 Å². The summed E-state index contributed by atoms with van der Waals surface area (Å²) in [5.41, 5.74) is 1.81. The summed E-state index contributed by atoms with van der Waals surface area (Å²) in [5.74, 6) is -0.615. The van der Waals surface area contributed by atoms with Crippen molar-refractivity contribution in [2.24, 2.45) is 0 Å². The van der Waals surface area contributed by atoms with Gasteiger partial charge in [-0.25, -0.2) is 4.98 Å². The summed E-state index contributed by atoms with van der Waals surface area (Å²) in [6.45, 7) is 3.50. The highest BCUT2D eigenvalue weighted by Gasteiger charge is 2.11. The van der Waals surface area contributed by atoms with Crippen LogP contribution in [0.25, 0.3) is 0 Å². The minimum Gasteiger partial charge on any atom is -0.352 e. The predicted octanol–water partition coefficient (Wildman–Crippen LogP) is 2.41. The molecule has 0 aliphatic carbocycles. The first kappa shape index (κ1) is 16.8. The highest BCUT2D eigenvalue weighted by atomic mass is 32.1. The summed E-state index contributed by atoms with van der Waals surface area (Å²) in [6, 6.07) is 7.26. The van der Waals surface area contributed by atoms with E-state index in [9.17, 15) is 14.4 Å². The lowest BCUT2D eigenvalue weighted by molar-refractivity contribution is -0.116. The fourth-order valence-electron chi connectivity index (χ4n) is 1.89. The zero-order chi connectivity index (χ0) is 16.8. The maximum atomic E-state index is 12.0. The van der Waals surface area contributed by atoms with Gasteiger partial charge in [0.05, 0.1) is 0 Å². The molecule has 0 atom stereocenters. The molecule has 0 unspecified atom stereocenters. The molecule has 1 aromatic carbocycles. The van der Waals surface area contributed by atoms with Crippen molar-refractivity contribution in [3.63, 3.8) is 0 Å². The third-order valence-corrected chi connectivity index (χ3v) is 3.90. The Kier molecular flexibility index (Phi) is 5.59. The van der Waals surface area contributed by atoms with Gasteiger partial charge in [-0.3, -0.25) is 14.4 Å². The lowest BCUT2D eigenvalue weighted by Gasteiger charge is -2.07. The molecule has 0 spiro atoms. The fourth-order valence-corrected chi connectivity index (χ4v) is 2.65. The van der Waals surface area contributed by atoms with Gasteiger partial charge in [-0.05, 0) is 18.6 Å². The Morgan fingerprint density at radius 2 is 1.96 bits per heavy atom. The number of thiazole rings is 1. The standard InChI is InChI=1S/C16H17N3O3S/c1-10-5-3-4-6-12(10)15(22)17-8-7-14(21)19-16-18-13(9-23-16)11(2)20/h3-6,9H,7-8H2,1-2H3,(H,17,22)(H,18,19,21). The third kappa shape index (κ3) is 4.72. The van der Waals surface area contributed by atoms with Crippen LogP contribution in [-0.2, 0) is 4.79 Å². The number of carbonyl (C=O) groups excluding carboxylic acids is 3. The van der Waals surface area contributed by atoms with Crippen LogP contribution in [0.15, 0.2) is 29.6 Å². The van der Waals surface area contributed by atoms with Gasteiger partial charge in [-0.2, -0.15) is 0 Å². The van der Waals surface area contributed by atoms with Gasteiger partial charge >= 0.3 is 0 Å². The molecular weight excluding hydrogens is 314 g/mol. The number of hydrogen-bond acceptors (Lipinski definition) is 5. The molecule has 23 heavy (non-hydrogen) atoms. The van der Waals surface area contributed by atoms with Crippen molar-refractivity contribution in [3.8, 4) is 0 Å². The number of ketones is 1. The summed E-state index contributed by atoms with van der Waals surface area (Å²) >= 11 is 1.19. The number of Topliss-reactive ketones (excluding diaryl/α,β-unsaturated/α-hetero) is 1. The maximum Gasteiger partial charge on any atom is 0.251 e. The Bertz CT molecular complexity index is 740. The monoisotopic (exact) mass is 331 g/mol. The van der Waals surface area contributed by atoms with Crippen molar-refractivity contribution in [1.82, 2.24) is 10.3 Å². The number of carbonyl (C=O) groups is 3. The Morgan fingerprint density at radius 1 is 1.22 bits per heavy atom. The molecule has 0 aliphatic heterocycles. The summed E-state index contributed by atoms with van der Waals surface area (Å²) in [5, 5.41) is 7.29. The van der Waals surface area contributed by atoms with Gasteiger partial charge in [-0.15, -0.1) is 11.3 Å². The van der Waals surface area contributed by atoms with Crippen molar-refractivity contribution < 1.29 is 14.4 Å². The number of benzene rings is 1. The average Bonchev–Trinajstić information content (AvgIpc) is 2.96. The molecule has 1 heterocycles. The number of aromatic nitrogens is 1. The second-order valence-electron chi connectivity index (χ2n) is 4.96. The Labute approximate surface area is 137 Å². The highest BCUT2D eigenvalue weighted by Crippen LogP contribution is 2.15. The van der Waals surface area contributed by atoms with Crippen molar-refractivity contribution in [1.29, 1.82) is 0 Å². The van der Waals surface area contributed by atoms with E-state index >= 15 is 0 Å². The smallest absolute Gasteiger partial charge is 0.251 e. The van der Waals surface area contributed by atoms with Crippen LogP contribution in [0.1, 0.15) is 39.8 Å². The van der Waals surface area contributed by atoms with Crippen molar-refractivity contribution >= 4 is 34.1 Å². The number of anilines is 1. The van der Waals surface area contributed by atoms with Crippen LogP contribution in [0.3, 0.4) is 0 Å². The molecule has 0 aliphatic rings. The van der Waals surface area contributed by atoms with Crippen LogP contribution < -0.4 is 10.6 Å². The van der Waals surface area contributed by atoms with Gasteiger partial charge in [-0.1, -0.05) is 18.2 Å². The molecule has 120 valence electrons. The van der Waals surface area contributed by atoms with E-state index in [2.05, 4.69) is 15.6 Å². The maximum absolute atomic E-state index is 12.0. The van der Waals surface area contributed by atoms with Crippen molar-refractivity contribution in [2.45, 2.75) is 20.3 Å². The normalized spacial score (nSPS) is 10.2. The number of nitrogens with zero attached hydrogens (tertiary/aromatic N) is 1. The Morgan fingerprint density at radius 3 is 2.61 bits per heavy atom. The number of hydrogen-bond donors (Lipinski definition) is 2. The molecule has 0 saturated heterocycles. The topological polar surface area (TPSA) is 88.2 Å². The number of rotatable bonds is 6. The molecule has 2 rings (SSSR count). The van der Waals surface area contributed by atoms with Crippen LogP contribution in [0.2, 0.25) is 0 Å². The molecule has 0 radical (unpaired) electrons. The largest absolute Gasteiger partial charge is 0.352 e. The van der Waals surface area contributed by atoms with Crippen molar-refractivity contribution in [2.75, 3.05) is 11.9 Å². The van der Waals surface area contributed by atoms with E-state index in [1.807, 2.05) is 19.1 Å². The van der Waals surface area contributed by atoms with E-state index in [-0.39, 0.29) is 30.6 Å². The number of aryl methyl sites for hydroxylation is 1. The second-order valence-corrected chi connectivity index (χ2v) is 5.82. The molecule has 0 fully saturated rings. The molecule has 0 saturated carbocycles. The SMILES string of the molecule is CC(=O)c1csc(NC(=O)CCNC(=O)c2ccccc2C)n1. The molecule has 2 amide bonds. The Balaban J connectivity index is 1.79. The molecule has 2 N–H and O–H groups in total. The van der Waals surface area contributed by atoms with E-state index in [1.54, 1.807) is 17.5 Å². The first-order chi connectivity index (χ1) is 11.0. The van der Waals surface area contributed by atoms with Crippen LogP contribution in [0.5, 0.6) is 0 Å². The predicted molar refractivity (Wildman–Crippen MR) is 88.9 cm³/mol. The zero-order valence-corrected chi connectivity index (χ0v) is 13.7. The summed E-state index contributed by atoms with van der Waals surface area (Å²) in [4.78, 5) is 38.9. The van der Waals surface area contributed by atoms with E-state index in [4.69, 9.17) is 0 Å². The average molecular weight is 331 g/mol. The number of nitrogens with one attached hydrogen (secondary N) is 2. The molecular formula is C16H17N3O3S. The molecule has 6 nitrogen and oxygen atoms in total. The molecule has 0 bridgehead atoms. The quantitative estimate of drug-likeness (QED) is 0.796. The third-order valence-electron chi connectivity index (χ3n) is 3.14. The van der Waals surface area contributed by atoms with Gasteiger partial charge in [0.15, 0.2) is 10.9 Å². The minimum atomic E-state index is -0.264. The highest BCUT2D eigenvalue weighted by molar-refractivity contribution is 7.14. The first-order valence-corrected chi connectivity index (χ1v) is 7.95. The summed E-state index contributed by atoms with van der Waals surface area (Å²) in [7, 11) is 0. The second kappa shape index (κ2) is 7.64. The van der Waals surface area contributed by atoms with Crippen molar-refractivity contribution in [3.05, 3.63) is 46.5 Å². The van der Waals surface area contributed by atoms with Gasteiger partial charge in [0.25, 0.3) is 5.91 Å². The van der Waals surface area contributed by atoms with E-state index in [1.165, 1.54) is 18.3 Å². The first-order valence-electron chi connectivity index (χ1n) is 7.07. The van der Waals surface area contributed by atoms with E-state index in [0.717, 1.165) is 5.56 Å². The lowest BCUT2D eigenvalue weighted by atomic mass is 10.1. The fraction of sp³-hybridized carbons (Fsp3) is 0.250. The number of amides is 2. The lowest BCUT2D eigenvalue weighted by Crippen LogP contribution is -2.28. The molecule has 2 aromatic rings. The van der Waals surface area contributed by atoms with Crippen LogP contribution in [0, 0.1) is 6.92 Å². The zero-order valence-electron chi connectivity index (χ0n) is 12.9. The minimum absolute atomic E-state index is 0.132. The molecule has 7 heteroatoms. The van der Waals surface area contributed by atoms with E-state index in [0.29, 0.717) is 16.4 Å². The molecule has 1 aromatic heterocycles. The summed E-state index contributed by atoms with van der Waals surface area (Å²) < 4.78 is 0.